The van der Waals surface area contributed by atoms with Crippen LogP contribution in [0.2, 0.25) is 0 Å². The average molecular weight is 343 g/mol. The van der Waals surface area contributed by atoms with Gasteiger partial charge in [-0.05, 0) is 58.2 Å². The highest BCUT2D eigenvalue weighted by molar-refractivity contribution is 9.10. The second kappa shape index (κ2) is 7.09. The van der Waals surface area contributed by atoms with E-state index in [2.05, 4.69) is 21.2 Å². The third-order valence-corrected chi connectivity index (χ3v) is 3.07. The monoisotopic (exact) mass is 342 g/mol. The number of nitrogens with two attached hydrogens (primary N) is 1. The van der Waals surface area contributed by atoms with Crippen LogP contribution in [0.25, 0.3) is 0 Å². The Morgan fingerprint density at radius 2 is 2.10 bits per heavy atom. The first kappa shape index (κ1) is 17.0. The fraction of sp³-hybridized carbons (Fsp3) is 0.533. The van der Waals surface area contributed by atoms with Crippen LogP contribution < -0.4 is 11.1 Å². The van der Waals surface area contributed by atoms with Gasteiger partial charge in [0.1, 0.15) is 5.60 Å². The van der Waals surface area contributed by atoms with E-state index in [0.29, 0.717) is 0 Å². The maximum Gasteiger partial charge on any atom is 0.412 e. The van der Waals surface area contributed by atoms with E-state index in [4.69, 9.17) is 10.5 Å². The summed E-state index contributed by atoms with van der Waals surface area (Å²) in [5.74, 6) is 0. The summed E-state index contributed by atoms with van der Waals surface area (Å²) in [6.07, 6.45) is 1.23. The summed E-state index contributed by atoms with van der Waals surface area (Å²) < 4.78 is 6.18. The largest absolute Gasteiger partial charge is 0.444 e. The minimum absolute atomic E-state index is 0.132. The summed E-state index contributed by atoms with van der Waals surface area (Å²) >= 11 is 3.41. The minimum Gasteiger partial charge on any atom is -0.444 e. The predicted octanol–water partition coefficient (Wildman–Crippen LogP) is 4.08. The SMILES string of the molecule is CC(N)CCc1ccc(Br)cc1NC(=O)OC(C)(C)C. The van der Waals surface area contributed by atoms with Gasteiger partial charge in [-0.15, -0.1) is 0 Å². The lowest BCUT2D eigenvalue weighted by Crippen LogP contribution is -2.27. The molecule has 0 saturated heterocycles. The lowest BCUT2D eigenvalue weighted by Gasteiger charge is -2.20. The summed E-state index contributed by atoms with van der Waals surface area (Å²) in [4.78, 5) is 11.9. The molecule has 1 atom stereocenters. The molecule has 3 N–H and O–H groups in total. The highest BCUT2D eigenvalue weighted by Crippen LogP contribution is 2.23. The van der Waals surface area contributed by atoms with Gasteiger partial charge in [0.05, 0.1) is 0 Å². The summed E-state index contributed by atoms with van der Waals surface area (Å²) in [5, 5.41) is 2.80. The Balaban J connectivity index is 2.81. The third-order valence-electron chi connectivity index (χ3n) is 2.58. The number of amides is 1. The van der Waals surface area contributed by atoms with Crippen LogP contribution in [-0.2, 0) is 11.2 Å². The van der Waals surface area contributed by atoms with Crippen LogP contribution >= 0.6 is 15.9 Å². The van der Waals surface area contributed by atoms with Crippen molar-refractivity contribution in [2.24, 2.45) is 5.73 Å². The molecule has 4 nitrogen and oxygen atoms in total. The lowest BCUT2D eigenvalue weighted by molar-refractivity contribution is 0.0636. The molecule has 112 valence electrons. The number of ether oxygens (including phenoxy) is 1. The van der Waals surface area contributed by atoms with Gasteiger partial charge in [0.25, 0.3) is 0 Å². The average Bonchev–Trinajstić information content (AvgIpc) is 2.24. The zero-order valence-electron chi connectivity index (χ0n) is 12.5. The molecule has 0 aliphatic carbocycles. The molecule has 1 aromatic carbocycles. The number of rotatable bonds is 4. The van der Waals surface area contributed by atoms with Crippen LogP contribution in [-0.4, -0.2) is 17.7 Å². The molecule has 0 aliphatic rings. The van der Waals surface area contributed by atoms with Gasteiger partial charge in [-0.1, -0.05) is 22.0 Å². The molecule has 20 heavy (non-hydrogen) atoms. The maximum absolute atomic E-state index is 11.9. The molecular formula is C15H23BrN2O2. The Morgan fingerprint density at radius 3 is 2.65 bits per heavy atom. The molecule has 0 aliphatic heterocycles. The van der Waals surface area contributed by atoms with Crippen molar-refractivity contribution in [2.75, 3.05) is 5.32 Å². The minimum atomic E-state index is -0.512. The van der Waals surface area contributed by atoms with Crippen molar-refractivity contribution in [2.45, 2.75) is 52.2 Å². The first-order valence-electron chi connectivity index (χ1n) is 6.71. The van der Waals surface area contributed by atoms with Gasteiger partial charge >= 0.3 is 6.09 Å². The molecule has 0 fully saturated rings. The first-order valence-corrected chi connectivity index (χ1v) is 7.50. The molecule has 5 heteroatoms. The van der Waals surface area contributed by atoms with E-state index in [1.165, 1.54) is 0 Å². The van der Waals surface area contributed by atoms with E-state index in [1.54, 1.807) is 0 Å². The molecule has 0 heterocycles. The number of aryl methyl sites for hydroxylation is 1. The van der Waals surface area contributed by atoms with E-state index in [-0.39, 0.29) is 6.04 Å². The van der Waals surface area contributed by atoms with Gasteiger partial charge < -0.3 is 10.5 Å². The Morgan fingerprint density at radius 1 is 1.45 bits per heavy atom. The van der Waals surface area contributed by atoms with Crippen molar-refractivity contribution >= 4 is 27.7 Å². The van der Waals surface area contributed by atoms with Crippen LogP contribution in [0.3, 0.4) is 0 Å². The van der Waals surface area contributed by atoms with E-state index in [1.807, 2.05) is 45.9 Å². The van der Waals surface area contributed by atoms with Crippen molar-refractivity contribution in [1.29, 1.82) is 0 Å². The van der Waals surface area contributed by atoms with Crippen LogP contribution in [0.4, 0.5) is 10.5 Å². The number of hydrogen-bond acceptors (Lipinski definition) is 3. The van der Waals surface area contributed by atoms with E-state index < -0.39 is 11.7 Å². The lowest BCUT2D eigenvalue weighted by atomic mass is 10.0. The third kappa shape index (κ3) is 6.39. The van der Waals surface area contributed by atoms with Gasteiger partial charge in [0, 0.05) is 16.2 Å². The molecule has 0 spiro atoms. The number of benzene rings is 1. The van der Waals surface area contributed by atoms with Crippen molar-refractivity contribution in [3.8, 4) is 0 Å². The smallest absolute Gasteiger partial charge is 0.412 e. The fourth-order valence-corrected chi connectivity index (χ4v) is 2.04. The Hall–Kier alpha value is -1.07. The standard InChI is InChI=1S/C15H23BrN2O2/c1-10(17)5-6-11-7-8-12(16)9-13(11)18-14(19)20-15(2,3)4/h7-10H,5-6,17H2,1-4H3,(H,18,19). The van der Waals surface area contributed by atoms with Crippen molar-refractivity contribution in [3.63, 3.8) is 0 Å². The van der Waals surface area contributed by atoms with E-state index in [9.17, 15) is 4.79 Å². The van der Waals surface area contributed by atoms with Crippen LogP contribution in [0.15, 0.2) is 22.7 Å². The molecule has 0 saturated carbocycles. The summed E-state index contributed by atoms with van der Waals surface area (Å²) in [7, 11) is 0. The summed E-state index contributed by atoms with van der Waals surface area (Å²) in [6, 6.07) is 5.95. The molecule has 1 unspecified atom stereocenters. The first-order chi connectivity index (χ1) is 9.17. The predicted molar refractivity (Wildman–Crippen MR) is 86.0 cm³/mol. The zero-order valence-corrected chi connectivity index (χ0v) is 14.1. The molecule has 1 rings (SSSR count). The molecular weight excluding hydrogens is 320 g/mol. The highest BCUT2D eigenvalue weighted by atomic mass is 79.9. The molecule has 1 aromatic rings. The highest BCUT2D eigenvalue weighted by Gasteiger charge is 2.17. The van der Waals surface area contributed by atoms with Gasteiger partial charge in [0.15, 0.2) is 0 Å². The number of carbonyl (C=O) groups is 1. The molecule has 0 radical (unpaired) electrons. The van der Waals surface area contributed by atoms with Crippen LogP contribution in [0.5, 0.6) is 0 Å². The van der Waals surface area contributed by atoms with Crippen LogP contribution in [0.1, 0.15) is 39.7 Å². The quantitative estimate of drug-likeness (QED) is 0.866. The number of anilines is 1. The Labute approximate surface area is 129 Å². The topological polar surface area (TPSA) is 64.3 Å². The van der Waals surface area contributed by atoms with Crippen molar-refractivity contribution < 1.29 is 9.53 Å². The molecule has 1 amide bonds. The van der Waals surface area contributed by atoms with Crippen molar-refractivity contribution in [3.05, 3.63) is 28.2 Å². The zero-order chi connectivity index (χ0) is 15.3. The number of halogens is 1. The number of carbonyl (C=O) groups excluding carboxylic acids is 1. The van der Waals surface area contributed by atoms with Crippen LogP contribution in [0, 0.1) is 0 Å². The van der Waals surface area contributed by atoms with Gasteiger partial charge in [-0.25, -0.2) is 4.79 Å². The van der Waals surface area contributed by atoms with Gasteiger partial charge in [-0.2, -0.15) is 0 Å². The summed E-state index contributed by atoms with van der Waals surface area (Å²) in [5.41, 5.74) is 7.08. The second-order valence-corrected chi connectivity index (χ2v) is 6.86. The van der Waals surface area contributed by atoms with E-state index >= 15 is 0 Å². The Kier molecular flexibility index (Phi) is 6.02. The molecule has 0 bridgehead atoms. The molecule has 0 aromatic heterocycles. The Bertz CT molecular complexity index is 467. The second-order valence-electron chi connectivity index (χ2n) is 5.94. The van der Waals surface area contributed by atoms with Gasteiger partial charge in [0.2, 0.25) is 0 Å². The van der Waals surface area contributed by atoms with E-state index in [0.717, 1.165) is 28.6 Å². The maximum atomic E-state index is 11.9. The summed E-state index contributed by atoms with van der Waals surface area (Å²) in [6.45, 7) is 7.49. The van der Waals surface area contributed by atoms with Crippen molar-refractivity contribution in [1.82, 2.24) is 0 Å². The fourth-order valence-electron chi connectivity index (χ4n) is 1.68. The number of nitrogens with one attached hydrogen (secondary N) is 1. The number of hydrogen-bond donors (Lipinski definition) is 2. The van der Waals surface area contributed by atoms with Gasteiger partial charge in [-0.3, -0.25) is 5.32 Å². The normalized spacial score (nSPS) is 12.9.